The molecule has 0 spiro atoms. The lowest BCUT2D eigenvalue weighted by Gasteiger charge is -2.21. The molecule has 1 aromatic rings. The second-order valence-electron chi connectivity index (χ2n) is 4.86. The molecule has 0 unspecified atom stereocenters. The molecule has 1 rings (SSSR count). The van der Waals surface area contributed by atoms with Crippen LogP contribution in [0.1, 0.15) is 28.4 Å². The van der Waals surface area contributed by atoms with E-state index in [1.165, 1.54) is 12.1 Å². The molecule has 0 saturated carbocycles. The van der Waals surface area contributed by atoms with Crippen LogP contribution in [-0.2, 0) is 4.79 Å². The number of carbonyl (C=O) groups is 2. The van der Waals surface area contributed by atoms with Crippen molar-refractivity contribution in [1.29, 1.82) is 0 Å². The highest BCUT2D eigenvalue weighted by molar-refractivity contribution is 5.95. The monoisotopic (exact) mass is 315 g/mol. The predicted octanol–water partition coefficient (Wildman–Crippen LogP) is 2.49. The third kappa shape index (κ3) is 4.68. The fourth-order valence-corrected chi connectivity index (χ4v) is 2.14. The first-order valence-corrected chi connectivity index (χ1v) is 6.79. The van der Waals surface area contributed by atoms with Gasteiger partial charge in [-0.05, 0) is 44.0 Å². The molecule has 1 N–H and O–H groups in total. The van der Waals surface area contributed by atoms with Crippen molar-refractivity contribution in [2.24, 2.45) is 0 Å². The first-order chi connectivity index (χ1) is 10.3. The second kappa shape index (κ2) is 7.72. The molecular formula is C15H19F2NO4. The van der Waals surface area contributed by atoms with Crippen LogP contribution in [0.15, 0.2) is 12.1 Å². The topological polar surface area (TPSA) is 66.8 Å². The van der Waals surface area contributed by atoms with Gasteiger partial charge in [0.2, 0.25) is 0 Å². The molecule has 0 atom stereocenters. The number of carboxylic acid groups (broad SMARTS) is 1. The lowest BCUT2D eigenvalue weighted by atomic mass is 10.0. The summed E-state index contributed by atoms with van der Waals surface area (Å²) in [6.45, 7) is 4.05. The molecule has 0 heterocycles. The van der Waals surface area contributed by atoms with Crippen molar-refractivity contribution in [2.45, 2.75) is 27.2 Å². The Morgan fingerprint density at radius 1 is 1.27 bits per heavy atom. The van der Waals surface area contributed by atoms with E-state index in [1.807, 2.05) is 0 Å². The molecule has 1 amide bonds. The number of alkyl halides is 2. The zero-order valence-corrected chi connectivity index (χ0v) is 12.7. The van der Waals surface area contributed by atoms with Crippen LogP contribution in [-0.4, -0.2) is 48.0 Å². The van der Waals surface area contributed by atoms with Gasteiger partial charge in [-0.3, -0.25) is 4.79 Å². The van der Waals surface area contributed by atoms with E-state index >= 15 is 0 Å². The maximum atomic E-state index is 12.5. The van der Waals surface area contributed by atoms with Crippen molar-refractivity contribution >= 4 is 11.9 Å². The number of carboxylic acids is 1. The first-order valence-electron chi connectivity index (χ1n) is 6.79. The van der Waals surface area contributed by atoms with Gasteiger partial charge in [0.15, 0.2) is 6.61 Å². The lowest BCUT2D eigenvalue weighted by Crippen LogP contribution is -2.35. The van der Waals surface area contributed by atoms with Crippen molar-refractivity contribution < 1.29 is 28.2 Å². The van der Waals surface area contributed by atoms with Gasteiger partial charge >= 0.3 is 5.97 Å². The van der Waals surface area contributed by atoms with Crippen LogP contribution in [0, 0.1) is 13.8 Å². The number of amides is 1. The normalized spacial score (nSPS) is 10.6. The zero-order chi connectivity index (χ0) is 16.9. The standard InChI is InChI=1S/C15H19F2NO4/c1-4-18(7-12(16)17)15(21)11-5-9(2)14(10(3)6-11)22-8-13(19)20/h5-6,12H,4,7-8H2,1-3H3,(H,19,20). The number of halogens is 2. The molecule has 0 aliphatic heterocycles. The van der Waals surface area contributed by atoms with Crippen LogP contribution in [0.4, 0.5) is 8.78 Å². The van der Waals surface area contributed by atoms with E-state index < -0.39 is 31.5 Å². The van der Waals surface area contributed by atoms with Gasteiger partial charge < -0.3 is 14.7 Å². The van der Waals surface area contributed by atoms with Gasteiger partial charge in [0.05, 0.1) is 6.54 Å². The van der Waals surface area contributed by atoms with Crippen LogP contribution >= 0.6 is 0 Å². The Balaban J connectivity index is 3.02. The number of hydrogen-bond acceptors (Lipinski definition) is 3. The summed E-state index contributed by atoms with van der Waals surface area (Å²) >= 11 is 0. The Bertz CT molecular complexity index is 537. The lowest BCUT2D eigenvalue weighted by molar-refractivity contribution is -0.139. The van der Waals surface area contributed by atoms with Crippen molar-refractivity contribution in [3.8, 4) is 5.75 Å². The average Bonchev–Trinajstić information content (AvgIpc) is 2.42. The minimum atomic E-state index is -2.59. The Morgan fingerprint density at radius 3 is 2.23 bits per heavy atom. The summed E-state index contributed by atoms with van der Waals surface area (Å²) < 4.78 is 30.1. The van der Waals surface area contributed by atoms with E-state index in [0.717, 1.165) is 4.90 Å². The summed E-state index contributed by atoms with van der Waals surface area (Å²) in [4.78, 5) is 23.9. The molecule has 0 saturated heterocycles. The zero-order valence-electron chi connectivity index (χ0n) is 12.7. The van der Waals surface area contributed by atoms with Crippen LogP contribution in [0.3, 0.4) is 0 Å². The van der Waals surface area contributed by atoms with Gasteiger partial charge in [-0.1, -0.05) is 0 Å². The summed E-state index contributed by atoms with van der Waals surface area (Å²) in [5, 5.41) is 8.63. The first kappa shape index (κ1) is 17.9. The fraction of sp³-hybridized carbons (Fsp3) is 0.467. The second-order valence-corrected chi connectivity index (χ2v) is 4.86. The number of aliphatic carboxylic acids is 1. The number of nitrogens with zero attached hydrogens (tertiary/aromatic N) is 1. The maximum absolute atomic E-state index is 12.5. The van der Waals surface area contributed by atoms with Crippen LogP contribution < -0.4 is 4.74 Å². The molecule has 0 fully saturated rings. The Hall–Kier alpha value is -2.18. The number of aryl methyl sites for hydroxylation is 2. The average molecular weight is 315 g/mol. The van der Waals surface area contributed by atoms with Crippen LogP contribution in [0.25, 0.3) is 0 Å². The molecule has 1 aromatic carbocycles. The highest BCUT2D eigenvalue weighted by Gasteiger charge is 2.20. The minimum Gasteiger partial charge on any atom is -0.481 e. The molecule has 0 aromatic heterocycles. The van der Waals surface area contributed by atoms with Gasteiger partial charge in [0.1, 0.15) is 5.75 Å². The molecule has 0 bridgehead atoms. The number of ether oxygens (including phenoxy) is 1. The molecule has 22 heavy (non-hydrogen) atoms. The Morgan fingerprint density at radius 2 is 1.82 bits per heavy atom. The highest BCUT2D eigenvalue weighted by Crippen LogP contribution is 2.25. The molecule has 0 aliphatic rings. The molecule has 0 radical (unpaired) electrons. The number of benzene rings is 1. The molecule has 122 valence electrons. The van der Waals surface area contributed by atoms with Crippen molar-refractivity contribution in [3.63, 3.8) is 0 Å². The van der Waals surface area contributed by atoms with Crippen molar-refractivity contribution in [1.82, 2.24) is 4.90 Å². The van der Waals surface area contributed by atoms with E-state index in [2.05, 4.69) is 0 Å². The van der Waals surface area contributed by atoms with E-state index in [-0.39, 0.29) is 12.1 Å². The van der Waals surface area contributed by atoms with E-state index in [0.29, 0.717) is 16.9 Å². The summed E-state index contributed by atoms with van der Waals surface area (Å²) in [5.74, 6) is -1.21. The minimum absolute atomic E-state index is 0.179. The largest absolute Gasteiger partial charge is 0.481 e. The van der Waals surface area contributed by atoms with Gasteiger partial charge in [0, 0.05) is 12.1 Å². The van der Waals surface area contributed by atoms with Gasteiger partial charge in [-0.15, -0.1) is 0 Å². The van der Waals surface area contributed by atoms with Crippen LogP contribution in [0.5, 0.6) is 5.75 Å². The van der Waals surface area contributed by atoms with E-state index in [1.54, 1.807) is 20.8 Å². The summed E-state index contributed by atoms with van der Waals surface area (Å²) in [6.07, 6.45) is -2.59. The Labute approximate surface area is 127 Å². The molecule has 7 heteroatoms. The number of hydrogen-bond donors (Lipinski definition) is 1. The third-order valence-electron chi connectivity index (χ3n) is 3.07. The van der Waals surface area contributed by atoms with Crippen LogP contribution in [0.2, 0.25) is 0 Å². The highest BCUT2D eigenvalue weighted by atomic mass is 19.3. The summed E-state index contributed by atoms with van der Waals surface area (Å²) in [7, 11) is 0. The maximum Gasteiger partial charge on any atom is 0.341 e. The van der Waals surface area contributed by atoms with Gasteiger partial charge in [-0.25, -0.2) is 13.6 Å². The summed E-state index contributed by atoms with van der Waals surface area (Å²) in [6, 6.07) is 3.03. The number of carbonyl (C=O) groups excluding carboxylic acids is 1. The fourth-order valence-electron chi connectivity index (χ4n) is 2.14. The van der Waals surface area contributed by atoms with Crippen molar-refractivity contribution in [3.05, 3.63) is 28.8 Å². The smallest absolute Gasteiger partial charge is 0.341 e. The molecule has 5 nitrogen and oxygen atoms in total. The van der Waals surface area contributed by atoms with Crippen molar-refractivity contribution in [2.75, 3.05) is 19.7 Å². The quantitative estimate of drug-likeness (QED) is 0.839. The Kier molecular flexibility index (Phi) is 6.27. The van der Waals surface area contributed by atoms with E-state index in [9.17, 15) is 18.4 Å². The molecular weight excluding hydrogens is 296 g/mol. The third-order valence-corrected chi connectivity index (χ3v) is 3.07. The van der Waals surface area contributed by atoms with Gasteiger partial charge in [0.25, 0.3) is 12.3 Å². The summed E-state index contributed by atoms with van der Waals surface area (Å²) in [5.41, 5.74) is 1.44. The van der Waals surface area contributed by atoms with Gasteiger partial charge in [-0.2, -0.15) is 0 Å². The number of rotatable bonds is 7. The SMILES string of the molecule is CCN(CC(F)F)C(=O)c1cc(C)c(OCC(=O)O)c(C)c1. The molecule has 0 aliphatic carbocycles. The van der Waals surface area contributed by atoms with E-state index in [4.69, 9.17) is 9.84 Å². The predicted molar refractivity (Wildman–Crippen MR) is 76.6 cm³/mol.